The van der Waals surface area contributed by atoms with Crippen molar-refractivity contribution >= 4 is 49.8 Å². The third-order valence-corrected chi connectivity index (χ3v) is 12.2. The van der Waals surface area contributed by atoms with Gasteiger partial charge in [0.05, 0.1) is 0 Å². The summed E-state index contributed by atoms with van der Waals surface area (Å²) in [6, 6.07) is 66.1. The van der Waals surface area contributed by atoms with Crippen molar-refractivity contribution in [3.05, 3.63) is 200 Å². The number of hydrogen-bond acceptors (Lipinski definition) is 2. The van der Waals surface area contributed by atoms with E-state index in [0.717, 1.165) is 62.8 Å². The zero-order valence-corrected chi connectivity index (χ0v) is 33.1. The van der Waals surface area contributed by atoms with Crippen molar-refractivity contribution in [2.24, 2.45) is 11.8 Å². The van der Waals surface area contributed by atoms with Crippen molar-refractivity contribution < 1.29 is 4.42 Å². The summed E-state index contributed by atoms with van der Waals surface area (Å²) in [5.74, 6) is 1.48. The first-order valence-electron chi connectivity index (χ1n) is 20.8. The van der Waals surface area contributed by atoms with Gasteiger partial charge in [0, 0.05) is 27.8 Å². The van der Waals surface area contributed by atoms with Crippen LogP contribution in [0.2, 0.25) is 0 Å². The Bertz CT molecular complexity index is 2900. The summed E-state index contributed by atoms with van der Waals surface area (Å²) in [5, 5.41) is 4.80. The van der Waals surface area contributed by atoms with Gasteiger partial charge in [0.25, 0.3) is 0 Å². The lowest BCUT2D eigenvalue weighted by Gasteiger charge is -2.29. The van der Waals surface area contributed by atoms with Crippen LogP contribution in [0.25, 0.3) is 66.1 Å². The molecule has 0 N–H and O–H groups in total. The minimum Gasteiger partial charge on any atom is -0.456 e. The van der Waals surface area contributed by atoms with E-state index >= 15 is 0 Å². The molecule has 0 saturated heterocycles. The van der Waals surface area contributed by atoms with Crippen LogP contribution in [-0.2, 0) is 6.42 Å². The minimum absolute atomic E-state index is 0.732. The first kappa shape index (κ1) is 35.8. The number of nitrogens with zero attached hydrogens (tertiary/aromatic N) is 1. The molecule has 0 aliphatic heterocycles. The van der Waals surface area contributed by atoms with Crippen molar-refractivity contribution in [2.45, 2.75) is 39.0 Å². The van der Waals surface area contributed by atoms with E-state index in [4.69, 9.17) is 4.42 Å². The third kappa shape index (κ3) is 6.90. The molecule has 9 aromatic rings. The Labute approximate surface area is 341 Å². The average Bonchev–Trinajstić information content (AvgIpc) is 3.65. The fourth-order valence-electron chi connectivity index (χ4n) is 9.63. The Hall–Kier alpha value is -6.64. The predicted octanol–water partition coefficient (Wildman–Crippen LogP) is 16.1. The standard InChI is InChI=1S/C56H47NO/c1-38-34-39(2)36-41(35-38)25-24-40-26-30-46(31-27-40)57(48-17-8-16-45(37-48)51-21-11-23-54-56(51)52-18-6-7-22-53(52)58-54)47-32-28-43(29-33-47)50-20-10-15-44-14-9-19-49(55(44)50)42-12-4-3-5-13-42/h3-23,26-33,37,39,41H,1,24-25,34-36H2,2H3. The second-order valence-electron chi connectivity index (χ2n) is 16.4. The highest BCUT2D eigenvalue weighted by Gasteiger charge is 2.22. The van der Waals surface area contributed by atoms with E-state index in [1.165, 1.54) is 75.4 Å². The van der Waals surface area contributed by atoms with Crippen molar-refractivity contribution in [1.82, 2.24) is 0 Å². The van der Waals surface area contributed by atoms with Crippen LogP contribution in [0.5, 0.6) is 0 Å². The second kappa shape index (κ2) is 15.4. The maximum absolute atomic E-state index is 6.30. The van der Waals surface area contributed by atoms with E-state index in [9.17, 15) is 0 Å². The number of para-hydroxylation sites is 1. The zero-order valence-electron chi connectivity index (χ0n) is 33.1. The number of fused-ring (bicyclic) bond motifs is 4. The molecule has 282 valence electrons. The number of allylic oxidation sites excluding steroid dienone is 1. The second-order valence-corrected chi connectivity index (χ2v) is 16.4. The molecule has 2 heteroatoms. The van der Waals surface area contributed by atoms with Crippen LogP contribution in [0.4, 0.5) is 17.1 Å². The number of furan rings is 1. The van der Waals surface area contributed by atoms with Gasteiger partial charge < -0.3 is 9.32 Å². The van der Waals surface area contributed by atoms with Crippen LogP contribution < -0.4 is 4.90 Å². The molecule has 0 spiro atoms. The first-order chi connectivity index (χ1) is 28.6. The van der Waals surface area contributed by atoms with Gasteiger partial charge in [-0.3, -0.25) is 0 Å². The molecule has 8 aromatic carbocycles. The normalized spacial score (nSPS) is 15.6. The lowest BCUT2D eigenvalue weighted by atomic mass is 9.77. The molecule has 1 saturated carbocycles. The summed E-state index contributed by atoms with van der Waals surface area (Å²) in [6.07, 6.45) is 5.98. The molecular formula is C56H47NO. The van der Waals surface area contributed by atoms with Gasteiger partial charge in [-0.2, -0.15) is 0 Å². The van der Waals surface area contributed by atoms with E-state index in [1.54, 1.807) is 0 Å². The van der Waals surface area contributed by atoms with Gasteiger partial charge in [0.2, 0.25) is 0 Å². The summed E-state index contributed by atoms with van der Waals surface area (Å²) in [5.41, 5.74) is 15.2. The molecule has 0 bridgehead atoms. The van der Waals surface area contributed by atoms with E-state index in [-0.39, 0.29) is 0 Å². The van der Waals surface area contributed by atoms with Crippen LogP contribution in [0, 0.1) is 11.8 Å². The molecule has 2 nitrogen and oxygen atoms in total. The molecule has 58 heavy (non-hydrogen) atoms. The van der Waals surface area contributed by atoms with Gasteiger partial charge in [-0.15, -0.1) is 0 Å². The average molecular weight is 750 g/mol. The van der Waals surface area contributed by atoms with Gasteiger partial charge in [0.15, 0.2) is 0 Å². The van der Waals surface area contributed by atoms with Gasteiger partial charge in [-0.25, -0.2) is 0 Å². The topological polar surface area (TPSA) is 16.4 Å². The summed E-state index contributed by atoms with van der Waals surface area (Å²) in [7, 11) is 0. The van der Waals surface area contributed by atoms with E-state index < -0.39 is 0 Å². The molecular weight excluding hydrogens is 703 g/mol. The Morgan fingerprint density at radius 2 is 1.14 bits per heavy atom. The highest BCUT2D eigenvalue weighted by Crippen LogP contribution is 2.43. The number of benzene rings is 8. The van der Waals surface area contributed by atoms with Gasteiger partial charge in [-0.1, -0.05) is 153 Å². The van der Waals surface area contributed by atoms with Crippen molar-refractivity contribution in [1.29, 1.82) is 0 Å². The first-order valence-corrected chi connectivity index (χ1v) is 20.8. The lowest BCUT2D eigenvalue weighted by molar-refractivity contribution is 0.321. The highest BCUT2D eigenvalue weighted by molar-refractivity contribution is 6.12. The minimum atomic E-state index is 0.732. The Morgan fingerprint density at radius 3 is 1.88 bits per heavy atom. The quantitative estimate of drug-likeness (QED) is 0.137. The van der Waals surface area contributed by atoms with Crippen LogP contribution in [0.3, 0.4) is 0 Å². The van der Waals surface area contributed by atoms with Crippen LogP contribution in [0.1, 0.15) is 38.2 Å². The Kier molecular flexibility index (Phi) is 9.47. The Balaban J connectivity index is 1.04. The molecule has 2 unspecified atom stereocenters. The summed E-state index contributed by atoms with van der Waals surface area (Å²) in [4.78, 5) is 2.40. The molecule has 2 atom stereocenters. The largest absolute Gasteiger partial charge is 0.456 e. The van der Waals surface area contributed by atoms with Gasteiger partial charge in [-0.05, 0) is 142 Å². The Morgan fingerprint density at radius 1 is 0.534 bits per heavy atom. The molecule has 10 rings (SSSR count). The zero-order chi connectivity index (χ0) is 39.0. The van der Waals surface area contributed by atoms with Crippen molar-refractivity contribution in [2.75, 3.05) is 4.90 Å². The molecule has 0 amide bonds. The molecule has 1 fully saturated rings. The molecule has 1 aliphatic carbocycles. The van der Waals surface area contributed by atoms with E-state index in [2.05, 4.69) is 194 Å². The van der Waals surface area contributed by atoms with Gasteiger partial charge in [0.1, 0.15) is 11.2 Å². The molecule has 1 aromatic heterocycles. The maximum atomic E-state index is 6.30. The fourth-order valence-corrected chi connectivity index (χ4v) is 9.63. The highest BCUT2D eigenvalue weighted by atomic mass is 16.3. The van der Waals surface area contributed by atoms with Crippen molar-refractivity contribution in [3.63, 3.8) is 0 Å². The molecule has 1 heterocycles. The molecule has 0 radical (unpaired) electrons. The number of hydrogen-bond donors (Lipinski definition) is 0. The fraction of sp³-hybridized carbons (Fsp3) is 0.143. The van der Waals surface area contributed by atoms with Crippen molar-refractivity contribution in [3.8, 4) is 33.4 Å². The smallest absolute Gasteiger partial charge is 0.136 e. The summed E-state index contributed by atoms with van der Waals surface area (Å²) < 4.78 is 6.30. The van der Waals surface area contributed by atoms with Crippen LogP contribution in [-0.4, -0.2) is 0 Å². The third-order valence-electron chi connectivity index (χ3n) is 12.2. The maximum Gasteiger partial charge on any atom is 0.136 e. The number of aryl methyl sites for hydroxylation is 1. The summed E-state index contributed by atoms with van der Waals surface area (Å²) in [6.45, 7) is 6.73. The predicted molar refractivity (Wildman–Crippen MR) is 246 cm³/mol. The molecule has 1 aliphatic rings. The number of rotatable bonds is 9. The van der Waals surface area contributed by atoms with Crippen LogP contribution >= 0.6 is 0 Å². The number of anilines is 3. The van der Waals surface area contributed by atoms with Gasteiger partial charge >= 0.3 is 0 Å². The van der Waals surface area contributed by atoms with Crippen LogP contribution in [0.15, 0.2) is 199 Å². The van der Waals surface area contributed by atoms with E-state index in [1.807, 2.05) is 6.07 Å². The van der Waals surface area contributed by atoms with E-state index in [0.29, 0.717) is 0 Å². The monoisotopic (exact) mass is 749 g/mol. The lowest BCUT2D eigenvalue weighted by Crippen LogP contribution is -2.15. The SMILES string of the molecule is C=C1CC(C)CC(CCc2ccc(N(c3ccc(-c4cccc5cccc(-c6ccccc6)c45)cc3)c3cccc(-c4cccc5oc6ccccc6c45)c3)cc2)C1. The summed E-state index contributed by atoms with van der Waals surface area (Å²) >= 11 is 0.